The highest BCUT2D eigenvalue weighted by Gasteiger charge is 2.43. The molecule has 2 aliphatic carbocycles. The molecule has 0 bridgehead atoms. The van der Waals surface area contributed by atoms with Crippen LogP contribution in [-0.2, 0) is 30.7 Å². The van der Waals surface area contributed by atoms with Crippen molar-refractivity contribution in [3.63, 3.8) is 0 Å². The zero-order valence-electron chi connectivity index (χ0n) is 18.7. The van der Waals surface area contributed by atoms with E-state index in [1.165, 1.54) is 25.7 Å². The van der Waals surface area contributed by atoms with Gasteiger partial charge in [-0.2, -0.15) is 0 Å². The maximum absolute atomic E-state index is 13.5. The summed E-state index contributed by atoms with van der Waals surface area (Å²) in [5.74, 6) is 0.936. The monoisotopic (exact) mass is 433 g/mol. The van der Waals surface area contributed by atoms with Crippen LogP contribution in [0.15, 0.2) is 41.3 Å². The van der Waals surface area contributed by atoms with Crippen LogP contribution in [0, 0.1) is 11.8 Å². The molecule has 0 saturated heterocycles. The number of carbonyl (C=O) groups excluding carboxylic acids is 2. The summed E-state index contributed by atoms with van der Waals surface area (Å²) in [5.41, 5.74) is 2.98. The number of nitrogens with one attached hydrogen (secondary N) is 1. The first-order valence-corrected chi connectivity index (χ1v) is 11.9. The number of rotatable bonds is 7. The molecular formula is C26H31N3O3. The average Bonchev–Trinajstić information content (AvgIpc) is 3.70. The van der Waals surface area contributed by atoms with Crippen LogP contribution in [0.3, 0.4) is 0 Å². The molecule has 6 heteroatoms. The Morgan fingerprint density at radius 1 is 1.09 bits per heavy atom. The van der Waals surface area contributed by atoms with Crippen LogP contribution in [0.1, 0.15) is 59.7 Å². The van der Waals surface area contributed by atoms with E-state index in [0.29, 0.717) is 49.9 Å². The number of benzene rings is 1. The molecule has 0 unspecified atom stereocenters. The van der Waals surface area contributed by atoms with Gasteiger partial charge in [0.25, 0.3) is 11.5 Å². The van der Waals surface area contributed by atoms with Gasteiger partial charge in [0.2, 0.25) is 5.91 Å². The van der Waals surface area contributed by atoms with Crippen molar-refractivity contribution in [1.29, 1.82) is 0 Å². The molecule has 2 fully saturated rings. The average molecular weight is 434 g/mol. The van der Waals surface area contributed by atoms with Gasteiger partial charge in [0.05, 0.1) is 0 Å². The topological polar surface area (TPSA) is 71.4 Å². The van der Waals surface area contributed by atoms with Crippen LogP contribution in [0.2, 0.25) is 0 Å². The molecule has 2 aromatic rings. The van der Waals surface area contributed by atoms with E-state index in [-0.39, 0.29) is 23.4 Å². The third-order valence-corrected chi connectivity index (χ3v) is 7.18. The second-order valence-corrected chi connectivity index (χ2v) is 9.61. The Bertz CT molecular complexity index is 1070. The van der Waals surface area contributed by atoms with Crippen molar-refractivity contribution in [3.05, 3.63) is 69.1 Å². The first-order valence-electron chi connectivity index (χ1n) is 11.9. The van der Waals surface area contributed by atoms with Crippen LogP contribution >= 0.6 is 0 Å². The smallest absolute Gasteiger partial charge is 0.263 e. The van der Waals surface area contributed by atoms with Crippen molar-refractivity contribution in [2.24, 2.45) is 11.8 Å². The Balaban J connectivity index is 1.47. The Hall–Kier alpha value is -2.89. The normalized spacial score (nSPS) is 17.9. The van der Waals surface area contributed by atoms with E-state index in [0.717, 1.165) is 16.7 Å². The molecule has 2 amide bonds. The number of aromatic nitrogens is 1. The summed E-state index contributed by atoms with van der Waals surface area (Å²) in [7, 11) is 0. The lowest BCUT2D eigenvalue weighted by Crippen LogP contribution is -2.44. The summed E-state index contributed by atoms with van der Waals surface area (Å²) < 4.78 is 1.67. The fraction of sp³-hybridized carbons (Fsp3) is 0.500. The lowest BCUT2D eigenvalue weighted by Gasteiger charge is -2.30. The van der Waals surface area contributed by atoms with Crippen LogP contribution in [-0.4, -0.2) is 33.9 Å². The van der Waals surface area contributed by atoms with Gasteiger partial charge in [0.15, 0.2) is 0 Å². The van der Waals surface area contributed by atoms with Crippen molar-refractivity contribution >= 4 is 11.8 Å². The van der Waals surface area contributed by atoms with Gasteiger partial charge >= 0.3 is 0 Å². The molecule has 6 nitrogen and oxygen atoms in total. The second-order valence-electron chi connectivity index (χ2n) is 9.61. The van der Waals surface area contributed by atoms with Crippen molar-refractivity contribution in [3.8, 4) is 0 Å². The molecule has 0 atom stereocenters. The largest absolute Gasteiger partial charge is 0.349 e. The Morgan fingerprint density at radius 2 is 1.78 bits per heavy atom. The molecule has 3 aliphatic rings. The fourth-order valence-electron chi connectivity index (χ4n) is 5.03. The van der Waals surface area contributed by atoms with Gasteiger partial charge < -0.3 is 14.8 Å². The predicted octanol–water partition coefficient (Wildman–Crippen LogP) is 2.91. The van der Waals surface area contributed by atoms with Crippen molar-refractivity contribution in [2.45, 2.75) is 64.6 Å². The van der Waals surface area contributed by atoms with Crippen LogP contribution < -0.4 is 10.9 Å². The molecular weight excluding hydrogens is 402 g/mol. The zero-order chi connectivity index (χ0) is 22.2. The predicted molar refractivity (Wildman–Crippen MR) is 122 cm³/mol. The molecule has 1 aromatic heterocycles. The maximum atomic E-state index is 13.5. The maximum Gasteiger partial charge on any atom is 0.263 e. The third-order valence-electron chi connectivity index (χ3n) is 7.18. The molecule has 1 aliphatic heterocycles. The number of carbonyl (C=O) groups is 2. The summed E-state index contributed by atoms with van der Waals surface area (Å²) in [6.45, 7) is 3.07. The zero-order valence-corrected chi connectivity index (χ0v) is 18.7. The molecule has 2 saturated carbocycles. The number of fused-ring (bicyclic) bond motifs is 1. The van der Waals surface area contributed by atoms with Gasteiger partial charge in [-0.15, -0.1) is 0 Å². The third kappa shape index (κ3) is 4.36. The number of pyridine rings is 1. The molecule has 1 N–H and O–H groups in total. The number of hydrogen-bond acceptors (Lipinski definition) is 3. The molecule has 0 radical (unpaired) electrons. The first kappa shape index (κ1) is 21.0. The Kier molecular flexibility index (Phi) is 5.62. The summed E-state index contributed by atoms with van der Waals surface area (Å²) in [5, 5.41) is 3.25. The fourth-order valence-corrected chi connectivity index (χ4v) is 5.03. The van der Waals surface area contributed by atoms with Gasteiger partial charge in [0, 0.05) is 38.8 Å². The molecule has 1 aromatic carbocycles. The lowest BCUT2D eigenvalue weighted by atomic mass is 9.95. The van der Waals surface area contributed by atoms with Gasteiger partial charge in [-0.1, -0.05) is 30.3 Å². The summed E-state index contributed by atoms with van der Waals surface area (Å²) in [6.07, 6.45) is 7.80. The highest BCUT2D eigenvalue weighted by Crippen LogP contribution is 2.44. The highest BCUT2D eigenvalue weighted by molar-refractivity contribution is 5.96. The molecule has 2 heterocycles. The number of hydrogen-bond donors (Lipinski definition) is 1. The Labute approximate surface area is 188 Å². The van der Waals surface area contributed by atoms with E-state index in [4.69, 9.17) is 0 Å². The van der Waals surface area contributed by atoms with E-state index in [9.17, 15) is 14.4 Å². The first-order chi connectivity index (χ1) is 15.5. The van der Waals surface area contributed by atoms with Crippen molar-refractivity contribution < 1.29 is 9.59 Å². The summed E-state index contributed by atoms with van der Waals surface area (Å²) in [4.78, 5) is 40.7. The number of nitrogens with zero attached hydrogens (tertiary/aromatic N) is 2. The SMILES string of the molecule is CC(=O)N1CCc2c(cn(CCc3ccccc3)c(=O)c2C(=O)NC(C2CC2)C2CC2)C1. The van der Waals surface area contributed by atoms with Crippen molar-refractivity contribution in [1.82, 2.24) is 14.8 Å². The number of aryl methyl sites for hydroxylation is 2. The van der Waals surface area contributed by atoms with Gasteiger partial charge in [-0.3, -0.25) is 14.4 Å². The molecule has 168 valence electrons. The Morgan fingerprint density at radius 3 is 2.41 bits per heavy atom. The molecule has 5 rings (SSSR count). The van der Waals surface area contributed by atoms with E-state index in [2.05, 4.69) is 5.32 Å². The van der Waals surface area contributed by atoms with Gasteiger partial charge in [-0.25, -0.2) is 0 Å². The summed E-state index contributed by atoms with van der Waals surface area (Å²) in [6, 6.07) is 10.3. The standard InChI is InChI=1S/C26H31N3O3/c1-17(30)28-14-12-22-21(15-28)16-29(13-11-18-5-3-2-4-6-18)26(32)23(22)25(31)27-24(19-7-8-19)20-9-10-20/h2-6,16,19-20,24H,7-15H2,1H3,(H,27,31). The summed E-state index contributed by atoms with van der Waals surface area (Å²) >= 11 is 0. The van der Waals surface area contributed by atoms with Crippen LogP contribution in [0.25, 0.3) is 0 Å². The minimum absolute atomic E-state index is 0.0196. The molecule has 0 spiro atoms. The van der Waals surface area contributed by atoms with Crippen molar-refractivity contribution in [2.75, 3.05) is 6.54 Å². The van der Waals surface area contributed by atoms with E-state index >= 15 is 0 Å². The quantitative estimate of drug-likeness (QED) is 0.730. The minimum Gasteiger partial charge on any atom is -0.349 e. The minimum atomic E-state index is -0.222. The van der Waals surface area contributed by atoms with Gasteiger partial charge in [-0.05, 0) is 67.1 Å². The van der Waals surface area contributed by atoms with E-state index in [1.54, 1.807) is 16.4 Å². The highest BCUT2D eigenvalue weighted by atomic mass is 16.2. The van der Waals surface area contributed by atoms with E-state index in [1.807, 2.05) is 36.5 Å². The van der Waals surface area contributed by atoms with Crippen LogP contribution in [0.5, 0.6) is 0 Å². The van der Waals surface area contributed by atoms with E-state index < -0.39 is 0 Å². The van der Waals surface area contributed by atoms with Crippen LogP contribution in [0.4, 0.5) is 0 Å². The lowest BCUT2D eigenvalue weighted by molar-refractivity contribution is -0.129. The second kappa shape index (κ2) is 8.57. The molecule has 32 heavy (non-hydrogen) atoms. The van der Waals surface area contributed by atoms with Gasteiger partial charge in [0.1, 0.15) is 5.56 Å². The number of amides is 2.